The van der Waals surface area contributed by atoms with E-state index in [0.29, 0.717) is 26.4 Å². The average molecular weight is 610 g/mol. The second-order valence-electron chi connectivity index (χ2n) is 8.42. The van der Waals surface area contributed by atoms with Crippen LogP contribution in [-0.2, 0) is 9.53 Å². The first kappa shape index (κ1) is 24.5. The molecule has 0 N–H and O–H groups in total. The van der Waals surface area contributed by atoms with Crippen molar-refractivity contribution in [2.24, 2.45) is 4.99 Å². The zero-order valence-corrected chi connectivity index (χ0v) is 22.9. The number of halogens is 1. The van der Waals surface area contributed by atoms with E-state index in [4.69, 9.17) is 9.15 Å². The van der Waals surface area contributed by atoms with Gasteiger partial charge in [-0.1, -0.05) is 53.3 Å². The second kappa shape index (κ2) is 10.0. The van der Waals surface area contributed by atoms with Gasteiger partial charge in [-0.15, -0.1) is 0 Å². The summed E-state index contributed by atoms with van der Waals surface area (Å²) in [5, 5.41) is 0. The van der Waals surface area contributed by atoms with E-state index < -0.39 is 12.0 Å². The number of aromatic nitrogens is 1. The lowest BCUT2D eigenvalue weighted by molar-refractivity contribution is -0.139. The zero-order chi connectivity index (χ0) is 25.4. The van der Waals surface area contributed by atoms with Gasteiger partial charge in [-0.05, 0) is 73.2 Å². The molecule has 0 amide bonds. The van der Waals surface area contributed by atoms with Crippen molar-refractivity contribution in [3.63, 3.8) is 0 Å². The minimum atomic E-state index is -0.623. The Morgan fingerprint density at radius 2 is 1.83 bits per heavy atom. The topological polar surface area (TPSA) is 73.8 Å². The summed E-state index contributed by atoms with van der Waals surface area (Å²) in [6.45, 7) is 5.78. The Kier molecular flexibility index (Phi) is 6.81. The Balaban J connectivity index is 1.63. The molecule has 8 heteroatoms. The number of carbonyl (C=O) groups excluding carboxylic acids is 1. The van der Waals surface area contributed by atoms with Gasteiger partial charge in [-0.3, -0.25) is 9.36 Å². The van der Waals surface area contributed by atoms with Crippen LogP contribution in [0, 0.1) is 10.5 Å². The van der Waals surface area contributed by atoms with E-state index in [9.17, 15) is 9.59 Å². The molecule has 5 rings (SSSR count). The number of fused-ring (bicyclic) bond motifs is 1. The third-order valence-corrected chi connectivity index (χ3v) is 7.64. The minimum Gasteiger partial charge on any atom is -0.463 e. The number of esters is 1. The Hall–Kier alpha value is -3.24. The van der Waals surface area contributed by atoms with Crippen molar-refractivity contribution in [1.82, 2.24) is 4.57 Å². The lowest BCUT2D eigenvalue weighted by atomic mass is 9.95. The van der Waals surface area contributed by atoms with Crippen LogP contribution in [0.1, 0.15) is 36.8 Å². The molecule has 0 bridgehead atoms. The van der Waals surface area contributed by atoms with Gasteiger partial charge < -0.3 is 9.15 Å². The maximum absolute atomic E-state index is 13.7. The largest absolute Gasteiger partial charge is 0.463 e. The predicted octanol–water partition coefficient (Wildman–Crippen LogP) is 4.97. The Bertz CT molecular complexity index is 1660. The monoisotopic (exact) mass is 610 g/mol. The Morgan fingerprint density at radius 3 is 2.53 bits per heavy atom. The number of carbonyl (C=O) groups is 1. The summed E-state index contributed by atoms with van der Waals surface area (Å²) in [4.78, 5) is 31.8. The highest BCUT2D eigenvalue weighted by Gasteiger charge is 2.33. The molecule has 2 aromatic heterocycles. The van der Waals surface area contributed by atoms with E-state index in [0.717, 1.165) is 26.0 Å². The molecule has 1 aliphatic rings. The average Bonchev–Trinajstić information content (AvgIpc) is 3.44. The Morgan fingerprint density at radius 1 is 1.11 bits per heavy atom. The van der Waals surface area contributed by atoms with Gasteiger partial charge in [0.05, 0.1) is 28.5 Å². The summed E-state index contributed by atoms with van der Waals surface area (Å²) in [7, 11) is 0. The highest BCUT2D eigenvalue weighted by Crippen LogP contribution is 2.31. The Labute approximate surface area is 225 Å². The maximum atomic E-state index is 13.7. The number of rotatable bonds is 5. The van der Waals surface area contributed by atoms with Crippen molar-refractivity contribution in [1.29, 1.82) is 0 Å². The smallest absolute Gasteiger partial charge is 0.338 e. The second-order valence-corrected chi connectivity index (χ2v) is 10.7. The summed E-state index contributed by atoms with van der Waals surface area (Å²) >= 11 is 3.54. The van der Waals surface area contributed by atoms with Crippen LogP contribution in [0.15, 0.2) is 86.1 Å². The van der Waals surface area contributed by atoms with E-state index >= 15 is 0 Å². The summed E-state index contributed by atoms with van der Waals surface area (Å²) in [5.74, 6) is 0.831. The summed E-state index contributed by atoms with van der Waals surface area (Å²) in [6, 6.07) is 19.0. The molecule has 1 atom stereocenters. The van der Waals surface area contributed by atoms with Gasteiger partial charge in [-0.25, -0.2) is 9.79 Å². The van der Waals surface area contributed by atoms with Gasteiger partial charge in [0.15, 0.2) is 4.80 Å². The van der Waals surface area contributed by atoms with Crippen molar-refractivity contribution in [2.75, 3.05) is 6.61 Å². The molecule has 2 aromatic carbocycles. The molecule has 1 aliphatic heterocycles. The fourth-order valence-electron chi connectivity index (χ4n) is 4.18. The van der Waals surface area contributed by atoms with Crippen LogP contribution < -0.4 is 14.9 Å². The van der Waals surface area contributed by atoms with E-state index in [1.54, 1.807) is 24.5 Å². The van der Waals surface area contributed by atoms with Gasteiger partial charge in [0, 0.05) is 15.2 Å². The third kappa shape index (κ3) is 4.62. The molecule has 0 aliphatic carbocycles. The fraction of sp³-hybridized carbons (Fsp3) is 0.179. The van der Waals surface area contributed by atoms with E-state index in [1.807, 2.05) is 67.6 Å². The molecule has 0 unspecified atom stereocenters. The maximum Gasteiger partial charge on any atom is 0.338 e. The molecule has 36 heavy (non-hydrogen) atoms. The highest BCUT2D eigenvalue weighted by atomic mass is 127. The number of hydrogen-bond acceptors (Lipinski definition) is 6. The molecule has 182 valence electrons. The highest BCUT2D eigenvalue weighted by molar-refractivity contribution is 14.1. The van der Waals surface area contributed by atoms with E-state index in [-0.39, 0.29) is 12.2 Å². The van der Waals surface area contributed by atoms with Crippen LogP contribution >= 0.6 is 33.9 Å². The first-order valence-electron chi connectivity index (χ1n) is 11.5. The molecule has 3 heterocycles. The van der Waals surface area contributed by atoms with Crippen molar-refractivity contribution >= 4 is 46.0 Å². The van der Waals surface area contributed by atoms with Crippen LogP contribution in [0.5, 0.6) is 0 Å². The molecule has 0 saturated carbocycles. The van der Waals surface area contributed by atoms with Crippen LogP contribution in [-0.4, -0.2) is 17.1 Å². The van der Waals surface area contributed by atoms with Crippen molar-refractivity contribution in [2.45, 2.75) is 26.8 Å². The van der Waals surface area contributed by atoms with Gasteiger partial charge in [0.2, 0.25) is 0 Å². The number of allylic oxidation sites excluding steroid dienone is 1. The third-order valence-electron chi connectivity index (χ3n) is 5.94. The molecule has 0 radical (unpaired) electrons. The minimum absolute atomic E-state index is 0.231. The van der Waals surface area contributed by atoms with Gasteiger partial charge >= 0.3 is 5.97 Å². The lowest BCUT2D eigenvalue weighted by Crippen LogP contribution is -2.39. The van der Waals surface area contributed by atoms with E-state index in [2.05, 4.69) is 27.6 Å². The summed E-state index contributed by atoms with van der Waals surface area (Å²) in [5.41, 5.74) is 3.57. The number of benzene rings is 2. The van der Waals surface area contributed by atoms with Crippen LogP contribution in [0.25, 0.3) is 17.4 Å². The molecular formula is C28H23IN2O4S. The molecule has 0 fully saturated rings. The number of thiazole rings is 1. The van der Waals surface area contributed by atoms with E-state index in [1.165, 1.54) is 11.3 Å². The number of ether oxygens (including phenoxy) is 1. The molecule has 6 nitrogen and oxygen atoms in total. The van der Waals surface area contributed by atoms with Gasteiger partial charge in [-0.2, -0.15) is 0 Å². The number of aryl methyl sites for hydroxylation is 1. The first-order chi connectivity index (χ1) is 17.4. The SMILES string of the molecule is CCOC(=O)C1=C(C)N=c2s/c(=C\c3ccc(-c4ccc(I)cc4)o3)c(=O)n2[C@H]1c1ccc(C)cc1. The molecule has 0 saturated heterocycles. The summed E-state index contributed by atoms with van der Waals surface area (Å²) < 4.78 is 14.6. The van der Waals surface area contributed by atoms with Crippen LogP contribution in [0.2, 0.25) is 0 Å². The van der Waals surface area contributed by atoms with Crippen LogP contribution in [0.4, 0.5) is 0 Å². The quantitative estimate of drug-likeness (QED) is 0.236. The van der Waals surface area contributed by atoms with Gasteiger partial charge in [0.1, 0.15) is 11.5 Å². The molecule has 0 spiro atoms. The number of nitrogens with zero attached hydrogens (tertiary/aromatic N) is 2. The number of furan rings is 1. The first-order valence-corrected chi connectivity index (χ1v) is 13.4. The van der Waals surface area contributed by atoms with Gasteiger partial charge in [0.25, 0.3) is 5.56 Å². The molecule has 4 aromatic rings. The van der Waals surface area contributed by atoms with Crippen LogP contribution in [0.3, 0.4) is 0 Å². The zero-order valence-electron chi connectivity index (χ0n) is 19.9. The lowest BCUT2D eigenvalue weighted by Gasteiger charge is -2.24. The predicted molar refractivity (Wildman–Crippen MR) is 148 cm³/mol. The standard InChI is InChI=1S/C28H23IN2O4S/c1-4-34-27(33)24-17(3)30-28-31(25(24)19-7-5-16(2)6-8-19)26(32)23(36-28)15-21-13-14-22(35-21)18-9-11-20(29)12-10-18/h5-15,25H,4H2,1-3H3/b23-15-/t25-/m0/s1. The summed E-state index contributed by atoms with van der Waals surface area (Å²) in [6.07, 6.45) is 1.73. The van der Waals surface area contributed by atoms with Crippen molar-refractivity contribution in [3.8, 4) is 11.3 Å². The fourth-order valence-corrected chi connectivity index (χ4v) is 5.57. The van der Waals surface area contributed by atoms with Crippen molar-refractivity contribution < 1.29 is 13.9 Å². The normalized spacial score (nSPS) is 15.6. The molecular weight excluding hydrogens is 587 g/mol. The number of hydrogen-bond donors (Lipinski definition) is 0. The van der Waals surface area contributed by atoms with Crippen molar-refractivity contribution in [3.05, 3.63) is 112 Å².